The molecule has 0 fully saturated rings. The molecule has 90 heavy (non-hydrogen) atoms. The standard InChI is InChI=1S/C88H84N2/c1-9-13-21-65-53-59(7)54-66(22-14-10-2)85(65)89(69-49-45-63(46-50-69)43-41-61-37-33-57(5)34-38-61)87-75-29-17-25-71-73-27-19-31-77-81(73)84-82-74(72-26-18-30-76(87)80(72)83(84)79(71)75)28-20-32-78(82)88(77)90(86-67(23-15-11-3)55-60(8)56-68(86)24-16-12-4)70-51-47-64(48-52-70)44-42-62-39-35-58(6)36-40-62/h17-20,25-56H,9-16,21-24H2,1-8H3. The second kappa shape index (κ2) is 25.0. The van der Waals surface area contributed by atoms with Crippen LogP contribution < -0.4 is 9.80 Å². The lowest BCUT2D eigenvalue weighted by Gasteiger charge is -2.35. The van der Waals surface area contributed by atoms with Gasteiger partial charge in [0, 0.05) is 65.2 Å². The summed E-state index contributed by atoms with van der Waals surface area (Å²) in [5.41, 5.74) is 23.3. The number of rotatable bonds is 22. The van der Waals surface area contributed by atoms with Gasteiger partial charge in [-0.25, -0.2) is 0 Å². The second-order valence-electron chi connectivity index (χ2n) is 26.0. The normalized spacial score (nSPS) is 12.2. The van der Waals surface area contributed by atoms with Crippen LogP contribution in [0.5, 0.6) is 0 Å². The minimum absolute atomic E-state index is 1.02. The molecule has 2 nitrogen and oxygen atoms in total. The number of benzene rings is 14. The maximum Gasteiger partial charge on any atom is 0.0619 e. The van der Waals surface area contributed by atoms with Crippen LogP contribution in [0.4, 0.5) is 34.1 Å². The van der Waals surface area contributed by atoms with Gasteiger partial charge in [-0.05, 0) is 169 Å². The van der Waals surface area contributed by atoms with E-state index in [0.29, 0.717) is 0 Å². The molecule has 0 bridgehead atoms. The lowest BCUT2D eigenvalue weighted by Crippen LogP contribution is -2.17. The van der Waals surface area contributed by atoms with E-state index in [4.69, 9.17) is 0 Å². The third-order valence-electron chi connectivity index (χ3n) is 19.4. The molecule has 0 saturated heterocycles. The predicted octanol–water partition coefficient (Wildman–Crippen LogP) is 26.0. The molecule has 2 heteroatoms. The fourth-order valence-corrected chi connectivity index (χ4v) is 15.1. The monoisotopic (exact) mass is 1170 g/mol. The quantitative estimate of drug-likeness (QED) is 0.0379. The SMILES string of the molecule is CCCCc1cc(C)cc(CCCC)c1N(c1ccc(C=Cc2ccc(C)cc2)cc1)c1c2cccc3c4cccc5c(N(c6ccc(C=Cc7ccc(C)cc7)cc6)c6c(CCCC)cc(C)cc6CCCC)c6cccc7c8cccc1c8c(c23)c(c54)c67. The molecule has 0 radical (unpaired) electrons. The Labute approximate surface area is 533 Å². The van der Waals surface area contributed by atoms with E-state index < -0.39 is 0 Å². The van der Waals surface area contributed by atoms with Crippen molar-refractivity contribution < 1.29 is 0 Å². The van der Waals surface area contributed by atoms with Crippen molar-refractivity contribution >= 4 is 134 Å². The van der Waals surface area contributed by atoms with E-state index in [-0.39, 0.29) is 0 Å². The number of aryl methyl sites for hydroxylation is 8. The lowest BCUT2D eigenvalue weighted by molar-refractivity contribution is 0.779. The summed E-state index contributed by atoms with van der Waals surface area (Å²) in [6, 6.07) is 75.6. The van der Waals surface area contributed by atoms with Gasteiger partial charge in [-0.1, -0.05) is 270 Å². The Bertz CT molecular complexity index is 4430. The molecule has 0 spiro atoms. The first-order valence-electron chi connectivity index (χ1n) is 33.7. The van der Waals surface area contributed by atoms with Crippen LogP contribution in [0.25, 0.3) is 99.7 Å². The number of unbranched alkanes of at least 4 members (excludes halogenated alkanes) is 4. The molecule has 0 amide bonds. The van der Waals surface area contributed by atoms with Crippen LogP contribution in [0.15, 0.2) is 194 Å². The summed E-state index contributed by atoms with van der Waals surface area (Å²) in [6.45, 7) is 18.3. The number of fused-ring (bicyclic) bond motifs is 2. The summed E-state index contributed by atoms with van der Waals surface area (Å²) in [5, 5.41) is 18.5. The summed E-state index contributed by atoms with van der Waals surface area (Å²) in [4.78, 5) is 5.46. The van der Waals surface area contributed by atoms with E-state index in [1.54, 1.807) is 0 Å². The molecule has 0 aliphatic carbocycles. The predicted molar refractivity (Wildman–Crippen MR) is 396 cm³/mol. The van der Waals surface area contributed by atoms with Crippen LogP contribution in [0.3, 0.4) is 0 Å². The number of nitrogens with zero attached hydrogens (tertiary/aromatic N) is 2. The second-order valence-corrected chi connectivity index (χ2v) is 26.0. The van der Waals surface area contributed by atoms with E-state index in [2.05, 4.69) is 284 Å². The Morgan fingerprint density at radius 2 is 0.500 bits per heavy atom. The smallest absolute Gasteiger partial charge is 0.0619 e. The number of hydrogen-bond donors (Lipinski definition) is 0. The highest BCUT2D eigenvalue weighted by atomic mass is 15.2. The zero-order valence-corrected chi connectivity index (χ0v) is 54.2. The molecule has 0 unspecified atom stereocenters. The van der Waals surface area contributed by atoms with Gasteiger partial charge < -0.3 is 9.80 Å². The highest BCUT2D eigenvalue weighted by molar-refractivity contribution is 6.51. The first-order valence-corrected chi connectivity index (χ1v) is 33.7. The van der Waals surface area contributed by atoms with Gasteiger partial charge in [-0.15, -0.1) is 0 Å². The van der Waals surface area contributed by atoms with Gasteiger partial charge in [0.2, 0.25) is 0 Å². The van der Waals surface area contributed by atoms with Crippen molar-refractivity contribution in [2.45, 2.75) is 132 Å². The van der Waals surface area contributed by atoms with Gasteiger partial charge in [0.05, 0.1) is 22.7 Å². The first kappa shape index (κ1) is 58.4. The van der Waals surface area contributed by atoms with E-state index in [9.17, 15) is 0 Å². The molecule has 0 N–H and O–H groups in total. The zero-order chi connectivity index (χ0) is 61.6. The van der Waals surface area contributed by atoms with E-state index in [1.165, 1.54) is 176 Å². The minimum Gasteiger partial charge on any atom is -0.309 e. The van der Waals surface area contributed by atoms with Crippen LogP contribution in [-0.2, 0) is 25.7 Å². The molecule has 14 aromatic rings. The molecule has 14 rings (SSSR count). The maximum absolute atomic E-state index is 2.73. The van der Waals surface area contributed by atoms with Crippen LogP contribution in [0, 0.1) is 27.7 Å². The molecule has 0 aliphatic heterocycles. The third-order valence-corrected chi connectivity index (χ3v) is 19.4. The Hall–Kier alpha value is -9.24. The highest BCUT2D eigenvalue weighted by Gasteiger charge is 2.33. The molecule has 0 heterocycles. The largest absolute Gasteiger partial charge is 0.309 e. The Kier molecular flexibility index (Phi) is 16.2. The van der Waals surface area contributed by atoms with E-state index in [0.717, 1.165) is 77.0 Å². The molecule has 0 saturated carbocycles. The minimum atomic E-state index is 1.02. The van der Waals surface area contributed by atoms with Crippen molar-refractivity contribution in [2.75, 3.05) is 9.80 Å². The van der Waals surface area contributed by atoms with Crippen molar-refractivity contribution in [1.29, 1.82) is 0 Å². The van der Waals surface area contributed by atoms with Crippen LogP contribution in [0.2, 0.25) is 0 Å². The lowest BCUT2D eigenvalue weighted by atomic mass is 9.79. The molecular weight excluding hydrogens is 1080 g/mol. The Morgan fingerprint density at radius 3 is 0.756 bits per heavy atom. The fraction of sp³-hybridized carbons (Fsp3) is 0.227. The van der Waals surface area contributed by atoms with Crippen molar-refractivity contribution in [3.8, 4) is 0 Å². The van der Waals surface area contributed by atoms with Crippen LogP contribution in [0.1, 0.15) is 146 Å². The third kappa shape index (κ3) is 10.5. The van der Waals surface area contributed by atoms with Gasteiger partial charge in [-0.2, -0.15) is 0 Å². The van der Waals surface area contributed by atoms with Crippen molar-refractivity contribution in [1.82, 2.24) is 0 Å². The molecule has 446 valence electrons. The maximum atomic E-state index is 2.73. The summed E-state index contributed by atoms with van der Waals surface area (Å²) < 4.78 is 0. The number of hydrogen-bond acceptors (Lipinski definition) is 2. The van der Waals surface area contributed by atoms with E-state index >= 15 is 0 Å². The van der Waals surface area contributed by atoms with Gasteiger partial charge >= 0.3 is 0 Å². The van der Waals surface area contributed by atoms with Gasteiger partial charge in [0.1, 0.15) is 0 Å². The van der Waals surface area contributed by atoms with Crippen molar-refractivity contribution in [3.63, 3.8) is 0 Å². The van der Waals surface area contributed by atoms with Crippen molar-refractivity contribution in [2.24, 2.45) is 0 Å². The van der Waals surface area contributed by atoms with Crippen LogP contribution in [-0.4, -0.2) is 0 Å². The first-order chi connectivity index (χ1) is 44.1. The Balaban J connectivity index is 1.08. The fourth-order valence-electron chi connectivity index (χ4n) is 15.1. The van der Waals surface area contributed by atoms with E-state index in [1.807, 2.05) is 0 Å². The molecular formula is C88H84N2. The van der Waals surface area contributed by atoms with Crippen molar-refractivity contribution in [3.05, 3.63) is 261 Å². The summed E-state index contributed by atoms with van der Waals surface area (Å²) in [5.74, 6) is 0. The zero-order valence-electron chi connectivity index (χ0n) is 54.2. The molecule has 0 aromatic heterocycles. The average molecular weight is 1170 g/mol. The van der Waals surface area contributed by atoms with Gasteiger partial charge in [0.15, 0.2) is 0 Å². The topological polar surface area (TPSA) is 6.48 Å². The summed E-state index contributed by atoms with van der Waals surface area (Å²) >= 11 is 0. The molecule has 14 aromatic carbocycles. The van der Waals surface area contributed by atoms with Gasteiger partial charge in [0.25, 0.3) is 0 Å². The average Bonchev–Trinajstić information content (AvgIpc) is 0.668. The molecule has 0 atom stereocenters. The Morgan fingerprint density at radius 1 is 0.256 bits per heavy atom. The van der Waals surface area contributed by atoms with Gasteiger partial charge in [-0.3, -0.25) is 0 Å². The number of anilines is 6. The summed E-state index contributed by atoms with van der Waals surface area (Å²) in [6.07, 6.45) is 22.1. The highest BCUT2D eigenvalue weighted by Crippen LogP contribution is 2.59. The molecule has 0 aliphatic rings. The summed E-state index contributed by atoms with van der Waals surface area (Å²) in [7, 11) is 0. The van der Waals surface area contributed by atoms with Crippen LogP contribution >= 0.6 is 0 Å².